The summed E-state index contributed by atoms with van der Waals surface area (Å²) in [4.78, 5) is 27.7. The lowest BCUT2D eigenvalue weighted by Crippen LogP contribution is -2.48. The van der Waals surface area contributed by atoms with Crippen molar-refractivity contribution in [1.82, 2.24) is 24.9 Å². The molecule has 2 saturated carbocycles. The Bertz CT molecular complexity index is 1510. The van der Waals surface area contributed by atoms with Crippen LogP contribution in [0.4, 0.5) is 0 Å². The van der Waals surface area contributed by atoms with Crippen molar-refractivity contribution in [2.45, 2.75) is 130 Å². The number of Topliss-reactive ketones (excluding diaryl/α,β-unsaturated/α-hetero) is 1. The van der Waals surface area contributed by atoms with Crippen molar-refractivity contribution in [2.75, 3.05) is 6.61 Å². The molecule has 1 N–H and O–H groups in total. The Labute approximate surface area is 283 Å². The van der Waals surface area contributed by atoms with E-state index in [0.29, 0.717) is 30.7 Å². The van der Waals surface area contributed by atoms with Gasteiger partial charge in [0.25, 0.3) is 5.91 Å². The van der Waals surface area contributed by atoms with E-state index < -0.39 is 14.1 Å². The molecule has 0 spiro atoms. The quantitative estimate of drug-likeness (QED) is 0.116. The second kappa shape index (κ2) is 14.6. The highest BCUT2D eigenvalue weighted by molar-refractivity contribution is 6.76. The van der Waals surface area contributed by atoms with Gasteiger partial charge in [-0.1, -0.05) is 71.6 Å². The lowest BCUT2D eigenvalue weighted by Gasteiger charge is -2.27. The van der Waals surface area contributed by atoms with Gasteiger partial charge in [0.2, 0.25) is 0 Å². The van der Waals surface area contributed by atoms with Crippen molar-refractivity contribution < 1.29 is 14.3 Å². The zero-order valence-corrected chi connectivity index (χ0v) is 31.2. The molecule has 1 amide bonds. The number of rotatable bonds is 17. The van der Waals surface area contributed by atoms with Gasteiger partial charge in [-0.3, -0.25) is 14.3 Å². The van der Waals surface area contributed by atoms with E-state index in [9.17, 15) is 9.59 Å². The standard InChI is InChI=1S/C38H57N5O3Si/c1-24(2)35-34(37(25(3)4)42(41-35)23-46-20-21-47(7,8)9)30-12-10-27(11-13-30)22-32(44)36(33(28-14-15-28)29-16-17-29)40-38(45)31-18-19-39-43(31)26(5)6/h10-13,18-19,24-26,28-29,33,36H,14-17,20-23H2,1-9H3,(H,40,45)/t36-/m1/s1. The fraction of sp³-hybridized carbons (Fsp3) is 0.632. The number of ketones is 1. The highest BCUT2D eigenvalue weighted by Crippen LogP contribution is 2.51. The van der Waals surface area contributed by atoms with E-state index in [1.165, 1.54) is 11.3 Å². The van der Waals surface area contributed by atoms with E-state index >= 15 is 0 Å². The molecule has 2 heterocycles. The van der Waals surface area contributed by atoms with Crippen LogP contribution in [0.25, 0.3) is 11.1 Å². The van der Waals surface area contributed by atoms with E-state index in [4.69, 9.17) is 9.84 Å². The molecule has 3 aromatic rings. The predicted molar refractivity (Wildman–Crippen MR) is 191 cm³/mol. The molecule has 2 aliphatic carbocycles. The number of hydrogen-bond acceptors (Lipinski definition) is 5. The van der Waals surface area contributed by atoms with Crippen LogP contribution in [-0.2, 0) is 22.7 Å². The number of nitrogens with one attached hydrogen (secondary N) is 1. The summed E-state index contributed by atoms with van der Waals surface area (Å²) < 4.78 is 9.94. The zero-order valence-electron chi connectivity index (χ0n) is 30.2. The Hall–Kier alpha value is -3.04. The minimum atomic E-state index is -1.17. The molecule has 256 valence electrons. The molecule has 1 aromatic carbocycles. The van der Waals surface area contributed by atoms with Crippen LogP contribution in [0.15, 0.2) is 36.5 Å². The number of carbonyl (C=O) groups excluding carboxylic acids is 2. The molecule has 0 radical (unpaired) electrons. The van der Waals surface area contributed by atoms with Gasteiger partial charge < -0.3 is 10.1 Å². The number of amides is 1. The number of benzene rings is 1. The van der Waals surface area contributed by atoms with E-state index in [-0.39, 0.29) is 35.5 Å². The zero-order chi connectivity index (χ0) is 34.0. The molecule has 9 heteroatoms. The summed E-state index contributed by atoms with van der Waals surface area (Å²) in [6.45, 7) is 21.2. The average molecular weight is 660 g/mol. The minimum absolute atomic E-state index is 0.0584. The van der Waals surface area contributed by atoms with Crippen molar-refractivity contribution in [3.63, 3.8) is 0 Å². The third kappa shape index (κ3) is 8.71. The monoisotopic (exact) mass is 659 g/mol. The van der Waals surface area contributed by atoms with Crippen molar-refractivity contribution in [2.24, 2.45) is 17.8 Å². The smallest absolute Gasteiger partial charge is 0.270 e. The molecule has 0 saturated heterocycles. The SMILES string of the molecule is CC(C)c1nn(COCC[Si](C)(C)C)c(C(C)C)c1-c1ccc(CC(=O)[C@@H](NC(=O)c2ccnn2C(C)C)C(C2CC2)C2CC2)cc1. The second-order valence-corrected chi connectivity index (χ2v) is 21.7. The predicted octanol–water partition coefficient (Wildman–Crippen LogP) is 8.23. The largest absolute Gasteiger partial charge is 0.360 e. The minimum Gasteiger partial charge on any atom is -0.360 e. The van der Waals surface area contributed by atoms with Gasteiger partial charge in [-0.25, -0.2) is 4.68 Å². The molecule has 47 heavy (non-hydrogen) atoms. The molecular formula is C38H57N5O3Si. The van der Waals surface area contributed by atoms with Crippen molar-refractivity contribution >= 4 is 19.8 Å². The lowest BCUT2D eigenvalue weighted by molar-refractivity contribution is -0.122. The van der Waals surface area contributed by atoms with E-state index in [2.05, 4.69) is 86.7 Å². The van der Waals surface area contributed by atoms with Gasteiger partial charge in [-0.05, 0) is 92.4 Å². The lowest BCUT2D eigenvalue weighted by atomic mass is 9.84. The second-order valence-electron chi connectivity index (χ2n) is 16.1. The van der Waals surface area contributed by atoms with Crippen LogP contribution >= 0.6 is 0 Å². The normalized spacial score (nSPS) is 16.1. The fourth-order valence-corrected chi connectivity index (χ4v) is 7.67. The van der Waals surface area contributed by atoms with Crippen molar-refractivity contribution in [3.8, 4) is 11.1 Å². The van der Waals surface area contributed by atoms with Gasteiger partial charge in [-0.15, -0.1) is 0 Å². The summed E-state index contributed by atoms with van der Waals surface area (Å²) in [7, 11) is -1.17. The summed E-state index contributed by atoms with van der Waals surface area (Å²) in [5.41, 5.74) is 6.03. The van der Waals surface area contributed by atoms with Crippen LogP contribution in [0.5, 0.6) is 0 Å². The summed E-state index contributed by atoms with van der Waals surface area (Å²) in [5.74, 6) is 1.67. The highest BCUT2D eigenvalue weighted by atomic mass is 28.3. The first-order valence-electron chi connectivity index (χ1n) is 17.9. The van der Waals surface area contributed by atoms with Crippen LogP contribution in [0, 0.1) is 17.8 Å². The summed E-state index contributed by atoms with van der Waals surface area (Å²) >= 11 is 0. The van der Waals surface area contributed by atoms with Crippen LogP contribution in [-0.4, -0.2) is 52.0 Å². The van der Waals surface area contributed by atoms with Crippen molar-refractivity contribution in [1.29, 1.82) is 0 Å². The van der Waals surface area contributed by atoms with Crippen LogP contribution in [0.2, 0.25) is 25.7 Å². The molecule has 0 bridgehead atoms. The number of hydrogen-bond donors (Lipinski definition) is 1. The maximum absolute atomic E-state index is 14.1. The maximum atomic E-state index is 14.1. The molecule has 2 aliphatic rings. The third-order valence-corrected chi connectivity index (χ3v) is 11.4. The fourth-order valence-electron chi connectivity index (χ4n) is 6.91. The van der Waals surface area contributed by atoms with Crippen LogP contribution < -0.4 is 5.32 Å². The Balaban J connectivity index is 1.36. The first kappa shape index (κ1) is 35.3. The number of aromatic nitrogens is 4. The van der Waals surface area contributed by atoms with Gasteiger partial charge in [0.1, 0.15) is 12.4 Å². The third-order valence-electron chi connectivity index (χ3n) is 9.69. The van der Waals surface area contributed by atoms with E-state index in [0.717, 1.165) is 55.2 Å². The number of nitrogens with zero attached hydrogens (tertiary/aromatic N) is 4. The summed E-state index contributed by atoms with van der Waals surface area (Å²) in [5, 5.41) is 12.6. The van der Waals surface area contributed by atoms with Gasteiger partial charge in [-0.2, -0.15) is 10.2 Å². The Morgan fingerprint density at radius 2 is 1.57 bits per heavy atom. The molecular weight excluding hydrogens is 603 g/mol. The van der Waals surface area contributed by atoms with Gasteiger partial charge in [0, 0.05) is 38.9 Å². The van der Waals surface area contributed by atoms with Crippen LogP contribution in [0.1, 0.15) is 113 Å². The first-order chi connectivity index (χ1) is 22.2. The molecule has 2 aromatic heterocycles. The van der Waals surface area contributed by atoms with Gasteiger partial charge >= 0.3 is 0 Å². The van der Waals surface area contributed by atoms with E-state index in [1.807, 2.05) is 13.8 Å². The van der Waals surface area contributed by atoms with E-state index in [1.54, 1.807) is 16.9 Å². The maximum Gasteiger partial charge on any atom is 0.270 e. The highest BCUT2D eigenvalue weighted by Gasteiger charge is 2.48. The number of ether oxygens (including phenoxy) is 1. The molecule has 0 unspecified atom stereocenters. The van der Waals surface area contributed by atoms with Gasteiger partial charge in [0.05, 0.1) is 17.4 Å². The average Bonchev–Trinajstić information content (AvgIpc) is 3.92. The number of carbonyl (C=O) groups is 2. The topological polar surface area (TPSA) is 91.0 Å². The molecule has 1 atom stereocenters. The van der Waals surface area contributed by atoms with Gasteiger partial charge in [0.15, 0.2) is 5.78 Å². The molecule has 5 rings (SSSR count). The molecule has 2 fully saturated rings. The Morgan fingerprint density at radius 3 is 2.11 bits per heavy atom. The molecule has 8 nitrogen and oxygen atoms in total. The summed E-state index contributed by atoms with van der Waals surface area (Å²) in [6, 6.07) is 10.9. The van der Waals surface area contributed by atoms with Crippen LogP contribution in [0.3, 0.4) is 0 Å². The summed E-state index contributed by atoms with van der Waals surface area (Å²) in [6.07, 6.45) is 6.54. The Kier molecular flexibility index (Phi) is 11.0. The first-order valence-corrected chi connectivity index (χ1v) is 21.6. The Morgan fingerprint density at radius 1 is 0.936 bits per heavy atom. The van der Waals surface area contributed by atoms with Crippen molar-refractivity contribution in [3.05, 3.63) is 59.2 Å². The molecule has 0 aliphatic heterocycles.